The summed E-state index contributed by atoms with van der Waals surface area (Å²) < 4.78 is 1.96. The molecular formula is C29H37N7O. The Hall–Kier alpha value is -3.10. The molecule has 6 rings (SSSR count). The molecule has 1 aromatic heterocycles. The number of rotatable bonds is 7. The van der Waals surface area contributed by atoms with Crippen molar-refractivity contribution in [1.29, 1.82) is 0 Å². The molecule has 0 N–H and O–H groups in total. The van der Waals surface area contributed by atoms with Gasteiger partial charge in [-0.05, 0) is 65.9 Å². The summed E-state index contributed by atoms with van der Waals surface area (Å²) in [7, 11) is 0. The Balaban J connectivity index is 1.30. The monoisotopic (exact) mass is 499 g/mol. The van der Waals surface area contributed by atoms with E-state index in [1.54, 1.807) is 0 Å². The Bertz CT molecular complexity index is 1170. The Morgan fingerprint density at radius 3 is 2.41 bits per heavy atom. The van der Waals surface area contributed by atoms with Gasteiger partial charge in [0.25, 0.3) is 0 Å². The van der Waals surface area contributed by atoms with Crippen molar-refractivity contribution in [2.75, 3.05) is 37.6 Å². The number of nitrogens with zero attached hydrogens (tertiary/aromatic N) is 7. The molecule has 0 radical (unpaired) electrons. The molecule has 1 unspecified atom stereocenters. The topological polar surface area (TPSA) is 70.4 Å². The minimum Gasteiger partial charge on any atom is -0.312 e. The summed E-state index contributed by atoms with van der Waals surface area (Å²) >= 11 is 0. The van der Waals surface area contributed by atoms with Gasteiger partial charge in [-0.3, -0.25) is 14.6 Å². The van der Waals surface area contributed by atoms with Crippen molar-refractivity contribution in [2.24, 2.45) is 0 Å². The van der Waals surface area contributed by atoms with Crippen LogP contribution in [0.25, 0.3) is 0 Å². The molecule has 1 saturated carbocycles. The number of benzene rings is 2. The fourth-order valence-electron chi connectivity index (χ4n) is 6.41. The standard InChI is InChI=1S/C29H37N7O/c37-27-12-6-19-35(27)26-15-13-24(14-16-26)28(29-30-31-32-36(29)22-23-8-2-1-3-9-23)34-18-7-17-33(20-21-34)25-10-4-5-11-25/h1-3,8-9,13-16,25,28H,4-7,10-12,17-22H2. The average Bonchev–Trinajstić information content (AvgIpc) is 3.67. The highest BCUT2D eigenvalue weighted by molar-refractivity contribution is 5.95. The van der Waals surface area contributed by atoms with Crippen LogP contribution in [0, 0.1) is 0 Å². The van der Waals surface area contributed by atoms with Gasteiger partial charge in [-0.15, -0.1) is 5.10 Å². The predicted molar refractivity (Wildman–Crippen MR) is 143 cm³/mol. The van der Waals surface area contributed by atoms with Gasteiger partial charge in [0.2, 0.25) is 5.91 Å². The maximum absolute atomic E-state index is 12.3. The van der Waals surface area contributed by atoms with Gasteiger partial charge in [-0.2, -0.15) is 0 Å². The van der Waals surface area contributed by atoms with Crippen LogP contribution >= 0.6 is 0 Å². The lowest BCUT2D eigenvalue weighted by Gasteiger charge is -2.31. The molecule has 3 heterocycles. The first-order valence-electron chi connectivity index (χ1n) is 13.9. The van der Waals surface area contributed by atoms with Crippen LogP contribution in [0.3, 0.4) is 0 Å². The minimum absolute atomic E-state index is 0.0365. The summed E-state index contributed by atoms with van der Waals surface area (Å²) in [6.45, 7) is 5.70. The fraction of sp³-hybridized carbons (Fsp3) is 0.517. The van der Waals surface area contributed by atoms with E-state index in [1.165, 1.54) is 43.4 Å². The van der Waals surface area contributed by atoms with E-state index < -0.39 is 0 Å². The van der Waals surface area contributed by atoms with E-state index in [0.29, 0.717) is 13.0 Å². The average molecular weight is 500 g/mol. The second-order valence-corrected chi connectivity index (χ2v) is 10.7. The number of carbonyl (C=O) groups is 1. The number of aromatic nitrogens is 4. The molecule has 37 heavy (non-hydrogen) atoms. The fourth-order valence-corrected chi connectivity index (χ4v) is 6.41. The zero-order chi connectivity index (χ0) is 25.0. The number of amides is 1. The lowest BCUT2D eigenvalue weighted by atomic mass is 10.0. The molecule has 0 spiro atoms. The molecule has 1 amide bonds. The molecule has 3 aliphatic rings. The lowest BCUT2D eigenvalue weighted by molar-refractivity contribution is -0.117. The Kier molecular flexibility index (Phi) is 7.28. The van der Waals surface area contributed by atoms with Crippen LogP contribution < -0.4 is 4.90 Å². The van der Waals surface area contributed by atoms with Crippen molar-refractivity contribution in [3.05, 3.63) is 71.5 Å². The van der Waals surface area contributed by atoms with E-state index in [-0.39, 0.29) is 11.9 Å². The Morgan fingerprint density at radius 2 is 1.65 bits per heavy atom. The van der Waals surface area contributed by atoms with Gasteiger partial charge >= 0.3 is 0 Å². The maximum Gasteiger partial charge on any atom is 0.227 e. The molecule has 2 saturated heterocycles. The first-order valence-corrected chi connectivity index (χ1v) is 13.9. The summed E-state index contributed by atoms with van der Waals surface area (Å²) in [6, 6.07) is 19.6. The number of hydrogen-bond donors (Lipinski definition) is 0. The van der Waals surface area contributed by atoms with Crippen molar-refractivity contribution in [3.63, 3.8) is 0 Å². The molecule has 1 atom stereocenters. The molecule has 0 bridgehead atoms. The quantitative estimate of drug-likeness (QED) is 0.491. The Morgan fingerprint density at radius 1 is 0.838 bits per heavy atom. The van der Waals surface area contributed by atoms with Gasteiger partial charge in [0.15, 0.2) is 5.82 Å². The number of carbonyl (C=O) groups excluding carboxylic acids is 1. The van der Waals surface area contributed by atoms with Crippen molar-refractivity contribution in [1.82, 2.24) is 30.0 Å². The van der Waals surface area contributed by atoms with Crippen LogP contribution in [-0.4, -0.2) is 74.7 Å². The van der Waals surface area contributed by atoms with Crippen molar-refractivity contribution < 1.29 is 4.79 Å². The van der Waals surface area contributed by atoms with E-state index >= 15 is 0 Å². The van der Waals surface area contributed by atoms with Crippen LogP contribution in [0.1, 0.15) is 67.9 Å². The normalized spacial score (nSPS) is 21.0. The van der Waals surface area contributed by atoms with E-state index in [0.717, 1.165) is 56.6 Å². The van der Waals surface area contributed by atoms with Crippen molar-refractivity contribution in [2.45, 2.75) is 63.6 Å². The second kappa shape index (κ2) is 11.1. The molecular weight excluding hydrogens is 462 g/mol. The maximum atomic E-state index is 12.3. The zero-order valence-electron chi connectivity index (χ0n) is 21.6. The van der Waals surface area contributed by atoms with Gasteiger partial charge in [0.05, 0.1) is 12.6 Å². The van der Waals surface area contributed by atoms with E-state index in [1.807, 2.05) is 15.6 Å². The molecule has 3 aromatic rings. The summed E-state index contributed by atoms with van der Waals surface area (Å²) in [4.78, 5) is 19.5. The SMILES string of the molecule is O=C1CCCN1c1ccc(C(c2nnnn2Cc2ccccc2)N2CCCN(C3CCCC3)CC2)cc1. The third-order valence-corrected chi connectivity index (χ3v) is 8.34. The molecule has 8 nitrogen and oxygen atoms in total. The van der Waals surface area contributed by atoms with E-state index in [4.69, 9.17) is 0 Å². The zero-order valence-corrected chi connectivity index (χ0v) is 21.6. The third kappa shape index (κ3) is 5.31. The van der Waals surface area contributed by atoms with Crippen LogP contribution in [-0.2, 0) is 11.3 Å². The Labute approximate surface area is 219 Å². The summed E-state index contributed by atoms with van der Waals surface area (Å²) in [5, 5.41) is 13.1. The highest BCUT2D eigenvalue weighted by atomic mass is 16.2. The van der Waals surface area contributed by atoms with Crippen molar-refractivity contribution in [3.8, 4) is 0 Å². The predicted octanol–water partition coefficient (Wildman–Crippen LogP) is 3.89. The second-order valence-electron chi connectivity index (χ2n) is 10.7. The summed E-state index contributed by atoms with van der Waals surface area (Å²) in [5.41, 5.74) is 3.34. The van der Waals surface area contributed by atoms with Gasteiger partial charge in [0.1, 0.15) is 0 Å². The first-order chi connectivity index (χ1) is 18.3. The van der Waals surface area contributed by atoms with Gasteiger partial charge < -0.3 is 4.90 Å². The molecule has 2 aromatic carbocycles. The number of anilines is 1. The summed E-state index contributed by atoms with van der Waals surface area (Å²) in [6.07, 6.45) is 8.15. The minimum atomic E-state index is -0.0365. The number of hydrogen-bond acceptors (Lipinski definition) is 6. The van der Waals surface area contributed by atoms with E-state index in [9.17, 15) is 4.79 Å². The molecule has 1 aliphatic carbocycles. The van der Waals surface area contributed by atoms with Crippen molar-refractivity contribution >= 4 is 11.6 Å². The smallest absolute Gasteiger partial charge is 0.227 e. The van der Waals surface area contributed by atoms with Gasteiger partial charge in [-0.25, -0.2) is 4.68 Å². The van der Waals surface area contributed by atoms with Gasteiger partial charge in [-0.1, -0.05) is 55.3 Å². The van der Waals surface area contributed by atoms with Crippen LogP contribution in [0.4, 0.5) is 5.69 Å². The summed E-state index contributed by atoms with van der Waals surface area (Å²) in [5.74, 6) is 1.10. The highest BCUT2D eigenvalue weighted by Crippen LogP contribution is 2.32. The molecule has 194 valence electrons. The third-order valence-electron chi connectivity index (χ3n) is 8.34. The first kappa shape index (κ1) is 24.2. The largest absolute Gasteiger partial charge is 0.312 e. The molecule has 2 aliphatic heterocycles. The highest BCUT2D eigenvalue weighted by Gasteiger charge is 2.32. The number of tetrazole rings is 1. The molecule has 8 heteroatoms. The lowest BCUT2D eigenvalue weighted by Crippen LogP contribution is -2.38. The van der Waals surface area contributed by atoms with Crippen LogP contribution in [0.2, 0.25) is 0 Å². The van der Waals surface area contributed by atoms with Crippen LogP contribution in [0.15, 0.2) is 54.6 Å². The van der Waals surface area contributed by atoms with Crippen LogP contribution in [0.5, 0.6) is 0 Å². The molecule has 3 fully saturated rings. The van der Waals surface area contributed by atoms with Gasteiger partial charge in [0, 0.05) is 44.3 Å². The van der Waals surface area contributed by atoms with E-state index in [2.05, 4.69) is 73.9 Å².